The molecule has 2 amide bonds. The predicted octanol–water partition coefficient (Wildman–Crippen LogP) is 3.45. The summed E-state index contributed by atoms with van der Waals surface area (Å²) in [5, 5.41) is 2.96. The van der Waals surface area contributed by atoms with E-state index in [9.17, 15) is 14.4 Å². The second-order valence-electron chi connectivity index (χ2n) is 5.43. The van der Waals surface area contributed by atoms with Crippen LogP contribution in [0, 0.1) is 6.92 Å². The van der Waals surface area contributed by atoms with Gasteiger partial charge in [0.25, 0.3) is 11.8 Å². The molecule has 2 rings (SSSR count). The molecule has 0 bridgehead atoms. The van der Waals surface area contributed by atoms with Crippen LogP contribution < -0.4 is 11.1 Å². The van der Waals surface area contributed by atoms with E-state index in [0.717, 1.165) is 22.7 Å². The van der Waals surface area contributed by atoms with Crippen molar-refractivity contribution in [2.24, 2.45) is 5.73 Å². The minimum Gasteiger partial charge on any atom is -0.462 e. The molecule has 0 radical (unpaired) electrons. The van der Waals surface area contributed by atoms with Crippen LogP contribution in [0.1, 0.15) is 48.4 Å². The lowest BCUT2D eigenvalue weighted by Crippen LogP contribution is -2.15. The number of amides is 2. The van der Waals surface area contributed by atoms with Crippen LogP contribution in [0.4, 0.5) is 5.00 Å². The van der Waals surface area contributed by atoms with Gasteiger partial charge >= 0.3 is 5.97 Å². The number of hydrogen-bond donors (Lipinski definition) is 2. The maximum atomic E-state index is 12.5. The molecule has 1 aromatic heterocycles. The van der Waals surface area contributed by atoms with E-state index in [1.807, 2.05) is 18.4 Å². The van der Waals surface area contributed by atoms with Crippen LogP contribution >= 0.6 is 23.1 Å². The highest BCUT2D eigenvalue weighted by Crippen LogP contribution is 2.33. The number of primary amides is 1. The van der Waals surface area contributed by atoms with Gasteiger partial charge in [0.1, 0.15) is 5.00 Å². The number of esters is 1. The minimum atomic E-state index is -0.653. The number of thioether (sulfide) groups is 1. The molecule has 0 saturated carbocycles. The molecule has 0 unspecified atom stereocenters. The molecule has 1 aromatic carbocycles. The van der Waals surface area contributed by atoms with Crippen LogP contribution in [0.2, 0.25) is 0 Å². The zero-order valence-corrected chi connectivity index (χ0v) is 16.4. The van der Waals surface area contributed by atoms with E-state index in [4.69, 9.17) is 10.5 Å². The average molecular weight is 393 g/mol. The molecule has 3 N–H and O–H groups in total. The van der Waals surface area contributed by atoms with Crippen molar-refractivity contribution in [2.45, 2.75) is 19.6 Å². The lowest BCUT2D eigenvalue weighted by Gasteiger charge is -2.07. The van der Waals surface area contributed by atoms with Gasteiger partial charge in [-0.3, -0.25) is 9.59 Å². The van der Waals surface area contributed by atoms with Crippen LogP contribution in [0.5, 0.6) is 0 Å². The summed E-state index contributed by atoms with van der Waals surface area (Å²) in [7, 11) is 0. The standard InChI is InChI=1S/C18H20N2O4S2/c1-4-24-18(23)13-10(2)14(15(19)21)26-17(13)20-16(22)12-7-5-11(6-8-12)9-25-3/h5-8H,4,9H2,1-3H3,(H2,19,21)(H,20,22). The molecule has 2 aromatic rings. The molecule has 26 heavy (non-hydrogen) atoms. The summed E-state index contributed by atoms with van der Waals surface area (Å²) in [5.74, 6) is -0.760. The number of nitrogens with one attached hydrogen (secondary N) is 1. The molecule has 6 nitrogen and oxygen atoms in total. The minimum absolute atomic E-state index is 0.165. The van der Waals surface area contributed by atoms with Crippen LogP contribution in [-0.4, -0.2) is 30.6 Å². The maximum Gasteiger partial charge on any atom is 0.341 e. The Morgan fingerprint density at radius 3 is 2.42 bits per heavy atom. The number of carbonyl (C=O) groups excluding carboxylic acids is 3. The lowest BCUT2D eigenvalue weighted by atomic mass is 10.1. The smallest absolute Gasteiger partial charge is 0.341 e. The summed E-state index contributed by atoms with van der Waals surface area (Å²) in [4.78, 5) is 36.6. The summed E-state index contributed by atoms with van der Waals surface area (Å²) in [5.41, 5.74) is 7.51. The third-order valence-corrected chi connectivity index (χ3v) is 5.45. The van der Waals surface area contributed by atoms with E-state index < -0.39 is 11.9 Å². The van der Waals surface area contributed by atoms with Gasteiger partial charge in [-0.05, 0) is 43.4 Å². The monoisotopic (exact) mass is 392 g/mol. The number of anilines is 1. The van der Waals surface area contributed by atoms with Gasteiger partial charge in [-0.2, -0.15) is 11.8 Å². The second kappa shape index (κ2) is 8.86. The van der Waals surface area contributed by atoms with Crippen LogP contribution in [0.15, 0.2) is 24.3 Å². The zero-order valence-electron chi connectivity index (χ0n) is 14.8. The second-order valence-corrected chi connectivity index (χ2v) is 7.32. The van der Waals surface area contributed by atoms with E-state index in [1.165, 1.54) is 0 Å². The third kappa shape index (κ3) is 4.44. The summed E-state index contributed by atoms with van der Waals surface area (Å²) in [6.45, 7) is 3.48. The highest BCUT2D eigenvalue weighted by atomic mass is 32.2. The first-order valence-electron chi connectivity index (χ1n) is 7.88. The summed E-state index contributed by atoms with van der Waals surface area (Å²) in [6.07, 6.45) is 2.01. The quantitative estimate of drug-likeness (QED) is 0.703. The fourth-order valence-corrected chi connectivity index (χ4v) is 3.95. The Hall–Kier alpha value is -2.32. The van der Waals surface area contributed by atoms with Gasteiger partial charge in [-0.15, -0.1) is 11.3 Å². The van der Waals surface area contributed by atoms with Crippen LogP contribution in [-0.2, 0) is 10.5 Å². The van der Waals surface area contributed by atoms with Gasteiger partial charge in [0.2, 0.25) is 0 Å². The first-order chi connectivity index (χ1) is 12.4. The number of hydrogen-bond acceptors (Lipinski definition) is 6. The topological polar surface area (TPSA) is 98.5 Å². The Labute approximate surface area is 160 Å². The molecule has 1 heterocycles. The number of rotatable bonds is 7. The van der Waals surface area contributed by atoms with Crippen molar-refractivity contribution in [1.29, 1.82) is 0 Å². The van der Waals surface area contributed by atoms with Crippen molar-refractivity contribution in [2.75, 3.05) is 18.2 Å². The van der Waals surface area contributed by atoms with Gasteiger partial charge < -0.3 is 15.8 Å². The van der Waals surface area contributed by atoms with Crippen LogP contribution in [0.3, 0.4) is 0 Å². The molecule has 0 saturated heterocycles. The highest BCUT2D eigenvalue weighted by molar-refractivity contribution is 7.97. The van der Waals surface area contributed by atoms with Crippen molar-refractivity contribution >= 4 is 45.9 Å². The van der Waals surface area contributed by atoms with Crippen LogP contribution in [0.25, 0.3) is 0 Å². The molecule has 0 fully saturated rings. The fourth-order valence-electron chi connectivity index (χ4n) is 2.38. The lowest BCUT2D eigenvalue weighted by molar-refractivity contribution is 0.0527. The summed E-state index contributed by atoms with van der Waals surface area (Å²) in [6, 6.07) is 7.21. The Morgan fingerprint density at radius 2 is 1.88 bits per heavy atom. The largest absolute Gasteiger partial charge is 0.462 e. The van der Waals surface area contributed by atoms with Gasteiger partial charge in [0, 0.05) is 11.3 Å². The number of thiophene rings is 1. The van der Waals surface area contributed by atoms with Crippen molar-refractivity contribution in [3.8, 4) is 0 Å². The number of nitrogens with two attached hydrogens (primary N) is 1. The highest BCUT2D eigenvalue weighted by Gasteiger charge is 2.25. The predicted molar refractivity (Wildman–Crippen MR) is 105 cm³/mol. The normalized spacial score (nSPS) is 10.4. The maximum absolute atomic E-state index is 12.5. The Kier molecular flexibility index (Phi) is 6.82. The van der Waals surface area contributed by atoms with E-state index in [1.54, 1.807) is 37.7 Å². The Bertz CT molecular complexity index is 828. The molecular formula is C18H20N2O4S2. The first-order valence-corrected chi connectivity index (χ1v) is 10.1. The van der Waals surface area contributed by atoms with Gasteiger partial charge in [0.15, 0.2) is 0 Å². The molecule has 0 aliphatic heterocycles. The van der Waals surface area contributed by atoms with Crippen molar-refractivity contribution in [3.05, 3.63) is 51.4 Å². The summed E-state index contributed by atoms with van der Waals surface area (Å²) < 4.78 is 5.03. The third-order valence-electron chi connectivity index (χ3n) is 3.60. The van der Waals surface area contributed by atoms with Gasteiger partial charge in [-0.25, -0.2) is 4.79 Å². The summed E-state index contributed by atoms with van der Waals surface area (Å²) >= 11 is 2.67. The first kappa shape index (κ1) is 20.0. The zero-order chi connectivity index (χ0) is 19.3. The van der Waals surface area contributed by atoms with E-state index in [-0.39, 0.29) is 28.0 Å². The van der Waals surface area contributed by atoms with Gasteiger partial charge in [0.05, 0.1) is 17.0 Å². The molecule has 0 spiro atoms. The average Bonchev–Trinajstić information content (AvgIpc) is 2.92. The van der Waals surface area contributed by atoms with Crippen molar-refractivity contribution in [3.63, 3.8) is 0 Å². The molecule has 138 valence electrons. The van der Waals surface area contributed by atoms with E-state index in [2.05, 4.69) is 5.32 Å². The fraction of sp³-hybridized carbons (Fsp3) is 0.278. The number of benzene rings is 1. The van der Waals surface area contributed by atoms with E-state index >= 15 is 0 Å². The molecule has 0 aliphatic carbocycles. The number of carbonyl (C=O) groups is 3. The Morgan fingerprint density at radius 1 is 1.23 bits per heavy atom. The molecule has 0 aliphatic rings. The number of ether oxygens (including phenoxy) is 1. The van der Waals surface area contributed by atoms with Crippen molar-refractivity contribution < 1.29 is 19.1 Å². The molecule has 8 heteroatoms. The SMILES string of the molecule is CCOC(=O)c1c(NC(=O)c2ccc(CSC)cc2)sc(C(N)=O)c1C. The van der Waals surface area contributed by atoms with E-state index in [0.29, 0.717) is 11.1 Å². The van der Waals surface area contributed by atoms with Crippen molar-refractivity contribution in [1.82, 2.24) is 0 Å². The molecular weight excluding hydrogens is 372 g/mol. The Balaban J connectivity index is 2.32. The van der Waals surface area contributed by atoms with Gasteiger partial charge in [-0.1, -0.05) is 12.1 Å². The molecule has 0 atom stereocenters.